The van der Waals surface area contributed by atoms with Crippen LogP contribution in [0.1, 0.15) is 46.7 Å². The molecule has 10 atom stereocenters. The first-order valence-electron chi connectivity index (χ1n) is 23.5. The topological polar surface area (TPSA) is 120 Å². The van der Waals surface area contributed by atoms with Gasteiger partial charge in [-0.2, -0.15) is 0 Å². The largest absolute Gasteiger partial charge is 0.457 e. The molecule has 0 bridgehead atoms. The van der Waals surface area contributed by atoms with Crippen molar-refractivity contribution in [2.45, 2.75) is 114 Å². The summed E-state index contributed by atoms with van der Waals surface area (Å²) in [5, 5.41) is 11.1. The average Bonchev–Trinajstić information content (AvgIpc) is 3.38. The summed E-state index contributed by atoms with van der Waals surface area (Å²) in [5.41, 5.74) is 5.79. The minimum absolute atomic E-state index is 0.149. The fourth-order valence-electron chi connectivity index (χ4n) is 8.89. The number of esters is 1. The van der Waals surface area contributed by atoms with Crippen molar-refractivity contribution in [3.8, 4) is 0 Å². The maximum atomic E-state index is 13.2. The predicted octanol–water partition coefficient (Wildman–Crippen LogP) is 8.98. The fraction of sp³-hybridized carbons (Fsp3) is 0.351. The number of carbonyl (C=O) groups excluding carboxylic acids is 1. The Morgan fingerprint density at radius 3 is 1.06 bits per heavy atom. The van der Waals surface area contributed by atoms with Crippen molar-refractivity contribution >= 4 is 5.97 Å². The van der Waals surface area contributed by atoms with Gasteiger partial charge in [-0.25, -0.2) is 0 Å². The number of rotatable bonds is 23. The number of benzene rings is 6. The number of aliphatic hydroxyl groups excluding tert-OH is 1. The zero-order valence-corrected chi connectivity index (χ0v) is 38.5. The van der Waals surface area contributed by atoms with Crippen molar-refractivity contribution < 1.29 is 52.5 Å². The van der Waals surface area contributed by atoms with E-state index in [0.29, 0.717) is 6.61 Å². The number of hydrogen-bond acceptors (Lipinski definition) is 11. The molecule has 0 amide bonds. The van der Waals surface area contributed by atoms with Gasteiger partial charge >= 0.3 is 5.97 Å². The van der Waals surface area contributed by atoms with Gasteiger partial charge in [0.05, 0.1) is 59.0 Å². The molecule has 68 heavy (non-hydrogen) atoms. The van der Waals surface area contributed by atoms with Gasteiger partial charge in [0.2, 0.25) is 0 Å². The quantitative estimate of drug-likeness (QED) is 0.0621. The molecule has 0 saturated carbocycles. The molecule has 2 saturated heterocycles. The first-order valence-corrected chi connectivity index (χ1v) is 23.5. The first-order chi connectivity index (χ1) is 33.5. The molecular weight excluding hydrogens is 861 g/mol. The first kappa shape index (κ1) is 48.9. The Hall–Kier alpha value is -5.57. The molecule has 11 nitrogen and oxygen atoms in total. The Labute approximate surface area is 399 Å². The van der Waals surface area contributed by atoms with Crippen molar-refractivity contribution in [2.24, 2.45) is 0 Å². The van der Waals surface area contributed by atoms with Gasteiger partial charge in [-0.15, -0.1) is 0 Å². The highest BCUT2D eigenvalue weighted by atomic mass is 16.6. The number of hydrogen-bond donors (Lipinski definition) is 1. The van der Waals surface area contributed by atoms with E-state index in [9.17, 15) is 9.90 Å². The van der Waals surface area contributed by atoms with Gasteiger partial charge in [0.1, 0.15) is 48.8 Å². The standard InChI is InChI=1S/C57H62O11/c1-41(59)66-55-49(67-50(33-58)53(62-36-44-24-12-4-13-25-44)57(55)65-39-47-30-18-7-19-31-47)32-48-52(61-35-43-22-10-3-11-23-43)56(64-38-46-28-16-6-17-29-46)54(63-37-45-26-14-5-15-27-45)51(68-48)40-60-34-42-20-8-2-9-21-42/h2-31,48-58H,32-40H2,1H3/t48-,49-,50-,51-,52+,53-,54-,55-,56-,57+/m1/s1. The van der Waals surface area contributed by atoms with Gasteiger partial charge in [0.15, 0.2) is 6.10 Å². The summed E-state index contributed by atoms with van der Waals surface area (Å²) in [6.07, 6.45) is -7.71. The van der Waals surface area contributed by atoms with Crippen LogP contribution in [-0.2, 0) is 87.1 Å². The minimum Gasteiger partial charge on any atom is -0.457 e. The molecule has 0 radical (unpaired) electrons. The normalized spacial score (nSPS) is 24.9. The Morgan fingerprint density at radius 2 is 0.691 bits per heavy atom. The molecule has 0 spiro atoms. The van der Waals surface area contributed by atoms with E-state index in [-0.39, 0.29) is 52.7 Å². The Morgan fingerprint density at radius 1 is 0.397 bits per heavy atom. The van der Waals surface area contributed by atoms with Crippen LogP contribution < -0.4 is 0 Å². The second-order valence-corrected chi connectivity index (χ2v) is 17.2. The monoisotopic (exact) mass is 922 g/mol. The van der Waals surface area contributed by atoms with Crippen LogP contribution in [0.5, 0.6) is 0 Å². The van der Waals surface area contributed by atoms with Crippen molar-refractivity contribution in [1.29, 1.82) is 0 Å². The van der Waals surface area contributed by atoms with Gasteiger partial charge in [0.25, 0.3) is 0 Å². The van der Waals surface area contributed by atoms with Crippen molar-refractivity contribution in [1.82, 2.24) is 0 Å². The molecule has 2 fully saturated rings. The van der Waals surface area contributed by atoms with E-state index in [1.807, 2.05) is 182 Å². The number of aliphatic hydroxyl groups is 1. The fourth-order valence-corrected chi connectivity index (χ4v) is 8.89. The molecule has 2 aliphatic rings. The van der Waals surface area contributed by atoms with E-state index in [0.717, 1.165) is 33.4 Å². The summed E-state index contributed by atoms with van der Waals surface area (Å²) in [5.74, 6) is -0.520. The average molecular weight is 923 g/mol. The van der Waals surface area contributed by atoms with Crippen LogP contribution in [0.3, 0.4) is 0 Å². The SMILES string of the molecule is CC(=O)O[C@H]1[C@@H](OCc2ccccc2)[C@H](OCc2ccccc2)[C@@H](CO)O[C@@H]1C[C@H]1O[C@H](COCc2ccccc2)[C@@H](OCc2ccccc2)[C@H](OCc2ccccc2)[C@H]1OCc1ccccc1. The zero-order chi connectivity index (χ0) is 46.8. The second-order valence-electron chi connectivity index (χ2n) is 17.2. The molecule has 0 aromatic heterocycles. The molecule has 8 rings (SSSR count). The lowest BCUT2D eigenvalue weighted by Gasteiger charge is -2.49. The lowest BCUT2D eigenvalue weighted by Crippen LogP contribution is -2.65. The molecule has 356 valence electrons. The maximum Gasteiger partial charge on any atom is 0.303 e. The molecule has 6 aromatic carbocycles. The maximum absolute atomic E-state index is 13.2. The smallest absolute Gasteiger partial charge is 0.303 e. The van der Waals surface area contributed by atoms with Gasteiger partial charge in [-0.05, 0) is 33.4 Å². The third-order valence-corrected chi connectivity index (χ3v) is 12.2. The van der Waals surface area contributed by atoms with Crippen LogP contribution in [0.4, 0.5) is 0 Å². The molecular formula is C57H62O11. The van der Waals surface area contributed by atoms with E-state index in [2.05, 4.69) is 0 Å². The van der Waals surface area contributed by atoms with Gasteiger partial charge in [-0.1, -0.05) is 182 Å². The van der Waals surface area contributed by atoms with E-state index in [1.165, 1.54) is 6.92 Å². The summed E-state index contributed by atoms with van der Waals surface area (Å²) < 4.78 is 61.0. The lowest BCUT2D eigenvalue weighted by atomic mass is 9.86. The van der Waals surface area contributed by atoms with Crippen LogP contribution in [0, 0.1) is 0 Å². The molecule has 2 heterocycles. The van der Waals surface area contributed by atoms with Gasteiger partial charge in [0, 0.05) is 13.3 Å². The van der Waals surface area contributed by atoms with Crippen LogP contribution in [-0.4, -0.2) is 85.3 Å². The van der Waals surface area contributed by atoms with Crippen LogP contribution >= 0.6 is 0 Å². The summed E-state index contributed by atoms with van der Waals surface area (Å²) in [6.45, 7) is 2.70. The van der Waals surface area contributed by atoms with E-state index in [4.69, 9.17) is 42.6 Å². The van der Waals surface area contributed by atoms with Crippen molar-refractivity contribution in [3.63, 3.8) is 0 Å². The van der Waals surface area contributed by atoms with E-state index < -0.39 is 67.0 Å². The highest BCUT2D eigenvalue weighted by molar-refractivity contribution is 5.66. The van der Waals surface area contributed by atoms with Crippen molar-refractivity contribution in [2.75, 3.05) is 13.2 Å². The second kappa shape index (κ2) is 25.7. The summed E-state index contributed by atoms with van der Waals surface area (Å²) in [7, 11) is 0. The Bertz CT molecular complexity index is 2330. The number of ether oxygens (including phenoxy) is 9. The molecule has 6 aromatic rings. The minimum atomic E-state index is -0.985. The summed E-state index contributed by atoms with van der Waals surface area (Å²) in [6, 6.07) is 59.4. The molecule has 11 heteroatoms. The summed E-state index contributed by atoms with van der Waals surface area (Å²) in [4.78, 5) is 13.2. The third-order valence-electron chi connectivity index (χ3n) is 12.2. The zero-order valence-electron chi connectivity index (χ0n) is 38.5. The van der Waals surface area contributed by atoms with Crippen molar-refractivity contribution in [3.05, 3.63) is 215 Å². The Kier molecular flexibility index (Phi) is 18.5. The molecule has 0 unspecified atom stereocenters. The molecule has 2 aliphatic heterocycles. The van der Waals surface area contributed by atoms with Gasteiger partial charge in [-0.3, -0.25) is 4.79 Å². The highest BCUT2D eigenvalue weighted by Crippen LogP contribution is 2.37. The van der Waals surface area contributed by atoms with Crippen LogP contribution in [0.15, 0.2) is 182 Å². The third kappa shape index (κ3) is 14.0. The molecule has 0 aliphatic carbocycles. The molecule has 1 N–H and O–H groups in total. The Balaban J connectivity index is 1.16. The van der Waals surface area contributed by atoms with Crippen LogP contribution in [0.2, 0.25) is 0 Å². The van der Waals surface area contributed by atoms with Gasteiger partial charge < -0.3 is 47.7 Å². The lowest BCUT2D eigenvalue weighted by molar-refractivity contribution is -0.294. The van der Waals surface area contributed by atoms with E-state index in [1.54, 1.807) is 0 Å². The predicted molar refractivity (Wildman–Crippen MR) is 256 cm³/mol. The number of carbonyl (C=O) groups is 1. The van der Waals surface area contributed by atoms with Crippen LogP contribution in [0.25, 0.3) is 0 Å². The summed E-state index contributed by atoms with van der Waals surface area (Å²) >= 11 is 0. The van der Waals surface area contributed by atoms with E-state index >= 15 is 0 Å². The highest BCUT2D eigenvalue weighted by Gasteiger charge is 2.54.